The average molecular weight is 328 g/mol. The molecule has 2 aromatic rings. The summed E-state index contributed by atoms with van der Waals surface area (Å²) in [6.07, 6.45) is 0.883. The van der Waals surface area contributed by atoms with E-state index in [9.17, 15) is 13.6 Å². The van der Waals surface area contributed by atoms with Crippen LogP contribution >= 0.6 is 0 Å². The Hall–Kier alpha value is -3.20. The van der Waals surface area contributed by atoms with Gasteiger partial charge in [0.15, 0.2) is 0 Å². The molecule has 0 bridgehead atoms. The van der Waals surface area contributed by atoms with E-state index >= 15 is 0 Å². The lowest BCUT2D eigenvalue weighted by Crippen LogP contribution is -2.13. The SMILES string of the molecule is CCOc1ccc(NC(=O)/C(C#N)=C/c2c(F)cccc2F)cc1. The molecule has 0 heterocycles. The first-order chi connectivity index (χ1) is 11.5. The molecule has 0 aliphatic rings. The van der Waals surface area contributed by atoms with Gasteiger partial charge in [-0.25, -0.2) is 8.78 Å². The molecule has 122 valence electrons. The van der Waals surface area contributed by atoms with Crippen LogP contribution in [0.3, 0.4) is 0 Å². The number of halogens is 2. The van der Waals surface area contributed by atoms with Gasteiger partial charge in [-0.2, -0.15) is 5.26 Å². The van der Waals surface area contributed by atoms with Gasteiger partial charge < -0.3 is 10.1 Å². The topological polar surface area (TPSA) is 62.1 Å². The molecule has 0 unspecified atom stereocenters. The molecule has 0 saturated carbocycles. The van der Waals surface area contributed by atoms with Crippen molar-refractivity contribution in [3.63, 3.8) is 0 Å². The number of carbonyl (C=O) groups is 1. The van der Waals surface area contributed by atoms with Gasteiger partial charge in [0.05, 0.1) is 6.61 Å². The van der Waals surface area contributed by atoms with Crippen molar-refractivity contribution < 1.29 is 18.3 Å². The highest BCUT2D eigenvalue weighted by Crippen LogP contribution is 2.18. The summed E-state index contributed by atoms with van der Waals surface area (Å²) in [5.74, 6) is -1.82. The molecular formula is C18H14F2N2O2. The van der Waals surface area contributed by atoms with E-state index in [1.165, 1.54) is 6.07 Å². The van der Waals surface area contributed by atoms with Crippen LogP contribution < -0.4 is 10.1 Å². The van der Waals surface area contributed by atoms with Gasteiger partial charge in [0.25, 0.3) is 5.91 Å². The fraction of sp³-hybridized carbons (Fsp3) is 0.111. The number of carbonyl (C=O) groups excluding carboxylic acids is 1. The standard InChI is InChI=1S/C18H14F2N2O2/c1-2-24-14-8-6-13(7-9-14)22-18(23)12(11-21)10-15-16(19)4-3-5-17(15)20/h3-10H,2H2,1H3,(H,22,23)/b12-10+. The molecule has 1 amide bonds. The van der Waals surface area contributed by atoms with Gasteiger partial charge in [-0.1, -0.05) is 6.07 Å². The van der Waals surface area contributed by atoms with Gasteiger partial charge in [-0.05, 0) is 49.4 Å². The van der Waals surface area contributed by atoms with Crippen LogP contribution in [0.5, 0.6) is 5.75 Å². The minimum absolute atomic E-state index is 0.409. The Bertz CT molecular complexity index is 789. The highest BCUT2D eigenvalue weighted by atomic mass is 19.1. The maximum atomic E-state index is 13.6. The summed E-state index contributed by atoms with van der Waals surface area (Å²) >= 11 is 0. The predicted octanol–water partition coefficient (Wildman–Crippen LogP) is 3.91. The number of hydrogen-bond donors (Lipinski definition) is 1. The van der Waals surface area contributed by atoms with E-state index in [2.05, 4.69) is 5.32 Å². The highest BCUT2D eigenvalue weighted by Gasteiger charge is 2.13. The Labute approximate surface area is 138 Å². The van der Waals surface area contributed by atoms with E-state index in [4.69, 9.17) is 10.00 Å². The molecule has 6 heteroatoms. The largest absolute Gasteiger partial charge is 0.494 e. The van der Waals surface area contributed by atoms with Crippen LogP contribution in [0.4, 0.5) is 14.5 Å². The van der Waals surface area contributed by atoms with E-state index in [-0.39, 0.29) is 0 Å². The van der Waals surface area contributed by atoms with Crippen LogP contribution in [0, 0.1) is 23.0 Å². The van der Waals surface area contributed by atoms with Crippen molar-refractivity contribution in [3.8, 4) is 11.8 Å². The maximum absolute atomic E-state index is 13.6. The molecule has 24 heavy (non-hydrogen) atoms. The van der Waals surface area contributed by atoms with Gasteiger partial charge in [0.1, 0.15) is 29.0 Å². The zero-order chi connectivity index (χ0) is 17.5. The first-order valence-corrected chi connectivity index (χ1v) is 7.15. The molecule has 0 atom stereocenters. The number of hydrogen-bond acceptors (Lipinski definition) is 3. The summed E-state index contributed by atoms with van der Waals surface area (Å²) in [5, 5.41) is 11.6. The molecule has 0 saturated heterocycles. The molecule has 0 aliphatic carbocycles. The number of amides is 1. The Kier molecular flexibility index (Phi) is 5.63. The van der Waals surface area contributed by atoms with Crippen LogP contribution in [-0.2, 0) is 4.79 Å². The number of benzene rings is 2. The Morgan fingerprint density at radius 3 is 2.38 bits per heavy atom. The second-order valence-corrected chi connectivity index (χ2v) is 4.72. The third-order valence-electron chi connectivity index (χ3n) is 3.08. The lowest BCUT2D eigenvalue weighted by molar-refractivity contribution is -0.112. The molecule has 0 fully saturated rings. The predicted molar refractivity (Wildman–Crippen MR) is 86.2 cm³/mol. The van der Waals surface area contributed by atoms with Crippen molar-refractivity contribution in [2.75, 3.05) is 11.9 Å². The van der Waals surface area contributed by atoms with Crippen LogP contribution in [0.25, 0.3) is 6.08 Å². The Morgan fingerprint density at radius 1 is 1.21 bits per heavy atom. The second kappa shape index (κ2) is 7.88. The number of nitriles is 1. The van der Waals surface area contributed by atoms with Gasteiger partial charge in [0.2, 0.25) is 0 Å². The molecule has 2 aromatic carbocycles. The summed E-state index contributed by atoms with van der Waals surface area (Å²) in [4.78, 5) is 12.1. The monoisotopic (exact) mass is 328 g/mol. The van der Waals surface area contributed by atoms with Crippen molar-refractivity contribution in [2.24, 2.45) is 0 Å². The maximum Gasteiger partial charge on any atom is 0.266 e. The van der Waals surface area contributed by atoms with E-state index in [1.54, 1.807) is 30.3 Å². The van der Waals surface area contributed by atoms with Crippen molar-refractivity contribution in [1.82, 2.24) is 0 Å². The minimum Gasteiger partial charge on any atom is -0.494 e. The summed E-state index contributed by atoms with van der Waals surface area (Å²) in [7, 11) is 0. The molecular weight excluding hydrogens is 314 g/mol. The summed E-state index contributed by atoms with van der Waals surface area (Å²) in [6, 6.07) is 11.5. The average Bonchev–Trinajstić information content (AvgIpc) is 2.56. The zero-order valence-corrected chi connectivity index (χ0v) is 12.8. The van der Waals surface area contributed by atoms with Crippen LogP contribution in [0.15, 0.2) is 48.0 Å². The molecule has 0 radical (unpaired) electrons. The fourth-order valence-electron chi connectivity index (χ4n) is 1.94. The van der Waals surface area contributed by atoms with Crippen LogP contribution in [0.1, 0.15) is 12.5 Å². The van der Waals surface area contributed by atoms with Crippen molar-refractivity contribution in [3.05, 3.63) is 65.2 Å². The Balaban J connectivity index is 2.20. The molecule has 0 aromatic heterocycles. The molecule has 2 rings (SSSR count). The van der Waals surface area contributed by atoms with Gasteiger partial charge >= 0.3 is 0 Å². The minimum atomic E-state index is -0.850. The first-order valence-electron chi connectivity index (χ1n) is 7.15. The smallest absolute Gasteiger partial charge is 0.266 e. The first kappa shape index (κ1) is 17.2. The number of nitrogens with one attached hydrogen (secondary N) is 1. The van der Waals surface area contributed by atoms with Crippen LogP contribution in [0.2, 0.25) is 0 Å². The van der Waals surface area contributed by atoms with Gasteiger partial charge in [-0.15, -0.1) is 0 Å². The molecule has 0 spiro atoms. The van der Waals surface area contributed by atoms with E-state index in [0.717, 1.165) is 18.2 Å². The molecule has 4 nitrogen and oxygen atoms in total. The zero-order valence-electron chi connectivity index (χ0n) is 12.8. The van der Waals surface area contributed by atoms with E-state index < -0.39 is 28.7 Å². The van der Waals surface area contributed by atoms with Crippen molar-refractivity contribution in [1.29, 1.82) is 5.26 Å². The third kappa shape index (κ3) is 4.17. The fourth-order valence-corrected chi connectivity index (χ4v) is 1.94. The molecule has 0 aliphatic heterocycles. The lowest BCUT2D eigenvalue weighted by atomic mass is 10.1. The van der Waals surface area contributed by atoms with E-state index in [1.807, 2.05) is 6.92 Å². The Morgan fingerprint density at radius 2 is 1.83 bits per heavy atom. The highest BCUT2D eigenvalue weighted by molar-refractivity contribution is 6.09. The number of ether oxygens (including phenoxy) is 1. The van der Waals surface area contributed by atoms with Crippen molar-refractivity contribution >= 4 is 17.7 Å². The summed E-state index contributed by atoms with van der Waals surface area (Å²) < 4.78 is 32.5. The number of rotatable bonds is 5. The lowest BCUT2D eigenvalue weighted by Gasteiger charge is -2.07. The van der Waals surface area contributed by atoms with Gasteiger partial charge in [0, 0.05) is 11.3 Å². The van der Waals surface area contributed by atoms with Gasteiger partial charge in [-0.3, -0.25) is 4.79 Å². The quantitative estimate of drug-likeness (QED) is 0.668. The summed E-state index contributed by atoms with van der Waals surface area (Å²) in [5.41, 5.74) is -0.414. The van der Waals surface area contributed by atoms with Crippen LogP contribution in [-0.4, -0.2) is 12.5 Å². The number of anilines is 1. The van der Waals surface area contributed by atoms with E-state index in [0.29, 0.717) is 18.0 Å². The molecule has 1 N–H and O–H groups in total. The van der Waals surface area contributed by atoms with Crippen molar-refractivity contribution in [2.45, 2.75) is 6.92 Å². The number of nitrogens with zero attached hydrogens (tertiary/aromatic N) is 1. The summed E-state index contributed by atoms with van der Waals surface area (Å²) in [6.45, 7) is 2.36. The third-order valence-corrected chi connectivity index (χ3v) is 3.08. The second-order valence-electron chi connectivity index (χ2n) is 4.72. The normalized spacial score (nSPS) is 10.8.